The summed E-state index contributed by atoms with van der Waals surface area (Å²) in [7, 11) is 0. The average Bonchev–Trinajstić information content (AvgIpc) is 2.77. The number of aromatic hydroxyl groups is 2. The van der Waals surface area contributed by atoms with Crippen LogP contribution in [-0.4, -0.2) is 67.9 Å². The Bertz CT molecular complexity index is 827. The molecular weight excluding hydrogens is 430 g/mol. The van der Waals surface area contributed by atoms with Gasteiger partial charge in [-0.2, -0.15) is 0 Å². The maximum Gasteiger partial charge on any atom is 0.331 e. The molecule has 9 heteroatoms. The molecule has 0 spiro atoms. The topological polar surface area (TPSA) is 157 Å². The van der Waals surface area contributed by atoms with Crippen LogP contribution in [0.25, 0.3) is 6.08 Å². The lowest BCUT2D eigenvalue weighted by Crippen LogP contribution is -2.59. The number of unbranched alkanes of at least 4 members (excludes halogenated alkanes) is 5. The van der Waals surface area contributed by atoms with E-state index in [2.05, 4.69) is 12.2 Å². The highest BCUT2D eigenvalue weighted by Crippen LogP contribution is 2.31. The van der Waals surface area contributed by atoms with Crippen LogP contribution in [0.4, 0.5) is 0 Å². The van der Waals surface area contributed by atoms with E-state index in [-0.39, 0.29) is 24.3 Å². The first-order valence-corrected chi connectivity index (χ1v) is 11.4. The third-order valence-corrected chi connectivity index (χ3v) is 5.78. The molecule has 1 aliphatic rings. The molecule has 1 amide bonds. The SMILES string of the molecule is CCCCCCCCNC(=O)[C@]1(O)C[C@@H](O)[C@@H](O)[C@H](OC(=O)/C=C/c2ccc(O)c(O)c2)C1. The summed E-state index contributed by atoms with van der Waals surface area (Å²) in [6, 6.07) is 3.96. The molecule has 1 aromatic carbocycles. The van der Waals surface area contributed by atoms with Crippen molar-refractivity contribution in [2.24, 2.45) is 0 Å². The van der Waals surface area contributed by atoms with Gasteiger partial charge in [-0.3, -0.25) is 4.79 Å². The smallest absolute Gasteiger partial charge is 0.331 e. The second-order valence-corrected chi connectivity index (χ2v) is 8.58. The molecule has 0 heterocycles. The molecule has 1 saturated carbocycles. The van der Waals surface area contributed by atoms with Crippen molar-refractivity contribution >= 4 is 18.0 Å². The number of rotatable bonds is 11. The summed E-state index contributed by atoms with van der Waals surface area (Å²) in [6.07, 6.45) is 3.75. The summed E-state index contributed by atoms with van der Waals surface area (Å²) >= 11 is 0. The number of aliphatic hydroxyl groups excluding tert-OH is 2. The van der Waals surface area contributed by atoms with Crippen molar-refractivity contribution in [2.45, 2.75) is 82.2 Å². The zero-order chi connectivity index (χ0) is 24.4. The van der Waals surface area contributed by atoms with Crippen LogP contribution in [0.1, 0.15) is 63.9 Å². The number of carbonyl (C=O) groups is 2. The Morgan fingerprint density at radius 1 is 1.09 bits per heavy atom. The van der Waals surface area contributed by atoms with Gasteiger partial charge in [0.1, 0.15) is 17.8 Å². The predicted octanol–water partition coefficient (Wildman–Crippen LogP) is 1.75. The molecule has 0 aliphatic heterocycles. The van der Waals surface area contributed by atoms with E-state index in [4.69, 9.17) is 4.74 Å². The first kappa shape index (κ1) is 26.6. The normalized spacial score (nSPS) is 25.2. The van der Waals surface area contributed by atoms with Gasteiger partial charge in [-0.05, 0) is 30.2 Å². The van der Waals surface area contributed by atoms with Crippen molar-refractivity contribution in [3.63, 3.8) is 0 Å². The number of amides is 1. The lowest BCUT2D eigenvalue weighted by atomic mass is 9.79. The van der Waals surface area contributed by atoms with Gasteiger partial charge in [-0.1, -0.05) is 45.1 Å². The van der Waals surface area contributed by atoms with Crippen molar-refractivity contribution < 1.29 is 39.9 Å². The fourth-order valence-electron chi connectivity index (χ4n) is 3.82. The third-order valence-electron chi connectivity index (χ3n) is 5.78. The van der Waals surface area contributed by atoms with E-state index >= 15 is 0 Å². The van der Waals surface area contributed by atoms with E-state index in [1.807, 2.05) is 0 Å². The monoisotopic (exact) mass is 465 g/mol. The van der Waals surface area contributed by atoms with Gasteiger partial charge in [-0.25, -0.2) is 4.79 Å². The fraction of sp³-hybridized carbons (Fsp3) is 0.583. The Morgan fingerprint density at radius 2 is 1.79 bits per heavy atom. The summed E-state index contributed by atoms with van der Waals surface area (Å²) in [4.78, 5) is 24.7. The Balaban J connectivity index is 1.90. The Kier molecular flexibility index (Phi) is 10.1. The van der Waals surface area contributed by atoms with Gasteiger partial charge >= 0.3 is 5.97 Å². The fourth-order valence-corrected chi connectivity index (χ4v) is 3.82. The molecule has 1 fully saturated rings. The van der Waals surface area contributed by atoms with E-state index in [1.165, 1.54) is 30.7 Å². The number of aliphatic hydroxyl groups is 3. The molecule has 1 aromatic rings. The number of esters is 1. The quantitative estimate of drug-likeness (QED) is 0.125. The van der Waals surface area contributed by atoms with Crippen LogP contribution >= 0.6 is 0 Å². The summed E-state index contributed by atoms with van der Waals surface area (Å²) in [6.45, 7) is 2.53. The van der Waals surface area contributed by atoms with Crippen LogP contribution < -0.4 is 5.32 Å². The van der Waals surface area contributed by atoms with Crippen LogP contribution in [0.3, 0.4) is 0 Å². The van der Waals surface area contributed by atoms with Crippen LogP contribution in [0, 0.1) is 0 Å². The maximum absolute atomic E-state index is 12.6. The summed E-state index contributed by atoms with van der Waals surface area (Å²) in [5.41, 5.74) is -1.56. The Hall–Kier alpha value is -2.62. The highest BCUT2D eigenvalue weighted by atomic mass is 16.6. The minimum atomic E-state index is -1.97. The maximum atomic E-state index is 12.6. The van der Waals surface area contributed by atoms with Crippen molar-refractivity contribution in [3.05, 3.63) is 29.8 Å². The molecule has 0 saturated heterocycles. The second kappa shape index (κ2) is 12.6. The van der Waals surface area contributed by atoms with E-state index in [9.17, 15) is 35.1 Å². The number of nitrogens with one attached hydrogen (secondary N) is 1. The number of ether oxygens (including phenoxy) is 1. The second-order valence-electron chi connectivity index (χ2n) is 8.58. The molecular formula is C24H35NO8. The zero-order valence-electron chi connectivity index (χ0n) is 18.9. The molecule has 4 atom stereocenters. The molecule has 0 bridgehead atoms. The number of phenolic OH excluding ortho intramolecular Hbond substituents is 2. The van der Waals surface area contributed by atoms with Gasteiger partial charge in [0, 0.05) is 25.5 Å². The van der Waals surface area contributed by atoms with Crippen LogP contribution in [0.15, 0.2) is 24.3 Å². The highest BCUT2D eigenvalue weighted by molar-refractivity contribution is 5.88. The largest absolute Gasteiger partial charge is 0.504 e. The number of phenols is 2. The number of carbonyl (C=O) groups excluding carboxylic acids is 2. The molecule has 1 aliphatic carbocycles. The molecule has 0 unspecified atom stereocenters. The zero-order valence-corrected chi connectivity index (χ0v) is 18.9. The van der Waals surface area contributed by atoms with E-state index in [1.54, 1.807) is 0 Å². The third kappa shape index (κ3) is 8.03. The average molecular weight is 466 g/mol. The number of hydrogen-bond acceptors (Lipinski definition) is 8. The minimum absolute atomic E-state index is 0.303. The highest BCUT2D eigenvalue weighted by Gasteiger charge is 2.50. The molecule has 33 heavy (non-hydrogen) atoms. The molecule has 9 nitrogen and oxygen atoms in total. The van der Waals surface area contributed by atoms with E-state index < -0.39 is 35.8 Å². The van der Waals surface area contributed by atoms with Crippen molar-refractivity contribution in [2.75, 3.05) is 6.54 Å². The van der Waals surface area contributed by atoms with Crippen molar-refractivity contribution in [3.8, 4) is 11.5 Å². The molecule has 184 valence electrons. The van der Waals surface area contributed by atoms with Gasteiger partial charge in [0.05, 0.1) is 6.10 Å². The summed E-state index contributed by atoms with van der Waals surface area (Å²) < 4.78 is 5.19. The summed E-state index contributed by atoms with van der Waals surface area (Å²) in [5, 5.41) is 52.7. The van der Waals surface area contributed by atoms with Gasteiger partial charge in [0.25, 0.3) is 5.91 Å². The van der Waals surface area contributed by atoms with Crippen LogP contribution in [0.5, 0.6) is 11.5 Å². The molecule has 6 N–H and O–H groups in total. The first-order valence-electron chi connectivity index (χ1n) is 11.4. The van der Waals surface area contributed by atoms with Crippen LogP contribution in [-0.2, 0) is 14.3 Å². The van der Waals surface area contributed by atoms with Gasteiger partial charge in [0.15, 0.2) is 11.5 Å². The summed E-state index contributed by atoms with van der Waals surface area (Å²) in [5.74, 6) is -2.19. The lowest BCUT2D eigenvalue weighted by Gasteiger charge is -2.40. The van der Waals surface area contributed by atoms with Crippen molar-refractivity contribution in [1.29, 1.82) is 0 Å². The van der Waals surface area contributed by atoms with E-state index in [0.717, 1.165) is 38.2 Å². The van der Waals surface area contributed by atoms with Gasteiger partial charge < -0.3 is 35.6 Å². The lowest BCUT2D eigenvalue weighted by molar-refractivity contribution is -0.187. The van der Waals surface area contributed by atoms with Crippen molar-refractivity contribution in [1.82, 2.24) is 5.32 Å². The number of benzene rings is 1. The van der Waals surface area contributed by atoms with E-state index in [0.29, 0.717) is 12.1 Å². The Morgan fingerprint density at radius 3 is 2.48 bits per heavy atom. The first-order chi connectivity index (χ1) is 15.7. The number of hydrogen-bond donors (Lipinski definition) is 6. The molecule has 2 rings (SSSR count). The minimum Gasteiger partial charge on any atom is -0.504 e. The standard InChI is InChI=1S/C24H35NO8/c1-2-3-4-5-6-7-12-25-23(31)24(32)14-19(28)22(30)20(15-24)33-21(29)11-9-16-8-10-17(26)18(27)13-16/h8-11,13,19-20,22,26-28,30,32H,2-7,12,14-15H2,1H3,(H,25,31)/b11-9+/t19-,20-,22-,24+/m1/s1. The van der Waals surface area contributed by atoms with Crippen LogP contribution in [0.2, 0.25) is 0 Å². The van der Waals surface area contributed by atoms with Gasteiger partial charge in [0.2, 0.25) is 0 Å². The van der Waals surface area contributed by atoms with Gasteiger partial charge in [-0.15, -0.1) is 0 Å². The predicted molar refractivity (Wildman–Crippen MR) is 121 cm³/mol. The molecule has 0 aromatic heterocycles. The molecule has 0 radical (unpaired) electrons. The Labute approximate surface area is 193 Å².